The molecule has 140 valence electrons. The molecule has 0 radical (unpaired) electrons. The minimum atomic E-state index is -3.76. The van der Waals surface area contributed by atoms with Gasteiger partial charge in [-0.1, -0.05) is 29.3 Å². The molecule has 0 fully saturated rings. The quantitative estimate of drug-likeness (QED) is 0.757. The van der Waals surface area contributed by atoms with E-state index in [0.29, 0.717) is 22.3 Å². The summed E-state index contributed by atoms with van der Waals surface area (Å²) in [6.07, 6.45) is 0. The number of carbonyl (C=O) groups is 1. The van der Waals surface area contributed by atoms with Gasteiger partial charge in [-0.2, -0.15) is 0 Å². The van der Waals surface area contributed by atoms with E-state index >= 15 is 0 Å². The van der Waals surface area contributed by atoms with E-state index in [-0.39, 0.29) is 10.8 Å². The summed E-state index contributed by atoms with van der Waals surface area (Å²) in [6.45, 7) is 2.28. The molecule has 26 heavy (non-hydrogen) atoms. The number of benzene rings is 2. The third kappa shape index (κ3) is 5.43. The van der Waals surface area contributed by atoms with Crippen LogP contribution in [0.15, 0.2) is 47.4 Å². The van der Waals surface area contributed by atoms with Gasteiger partial charge in [0.1, 0.15) is 0 Å². The molecule has 0 bridgehead atoms. The molecule has 0 saturated carbocycles. The Kier molecular flexibility index (Phi) is 6.65. The van der Waals surface area contributed by atoms with Gasteiger partial charge in [-0.05, 0) is 55.9 Å². The second-order valence-electron chi connectivity index (χ2n) is 5.90. The number of hydrogen-bond acceptors (Lipinski definition) is 4. The van der Waals surface area contributed by atoms with Crippen molar-refractivity contribution in [2.45, 2.75) is 24.4 Å². The third-order valence-electron chi connectivity index (χ3n) is 3.91. The summed E-state index contributed by atoms with van der Waals surface area (Å²) in [5.41, 5.74) is 1.41. The number of rotatable bonds is 6. The molecule has 0 aromatic heterocycles. The van der Waals surface area contributed by atoms with Crippen LogP contribution in [0.3, 0.4) is 0 Å². The number of nitrogens with zero attached hydrogens (tertiary/aromatic N) is 1. The topological polar surface area (TPSA) is 92.5 Å². The fraction of sp³-hybridized carbons (Fsp3) is 0.235. The minimum absolute atomic E-state index is 0.0136. The van der Waals surface area contributed by atoms with Gasteiger partial charge < -0.3 is 5.32 Å². The van der Waals surface area contributed by atoms with Gasteiger partial charge in [0.05, 0.1) is 21.0 Å². The molecule has 0 spiro atoms. The summed E-state index contributed by atoms with van der Waals surface area (Å²) in [5.74, 6) is -0.226. The fourth-order valence-corrected chi connectivity index (χ4v) is 3.07. The third-order valence-corrected chi connectivity index (χ3v) is 5.58. The van der Waals surface area contributed by atoms with Crippen LogP contribution in [0.25, 0.3) is 0 Å². The molecule has 0 aliphatic heterocycles. The molecule has 2 aromatic carbocycles. The number of sulfonamides is 1. The predicted molar refractivity (Wildman–Crippen MR) is 104 cm³/mol. The zero-order chi connectivity index (χ0) is 19.5. The number of halogens is 2. The van der Waals surface area contributed by atoms with Crippen molar-refractivity contribution in [3.63, 3.8) is 0 Å². The first-order valence-corrected chi connectivity index (χ1v) is 9.96. The maximum absolute atomic E-state index is 12.4. The van der Waals surface area contributed by atoms with E-state index in [1.54, 1.807) is 19.1 Å². The molecule has 2 rings (SSSR count). The molecule has 0 unspecified atom stereocenters. The number of anilines is 1. The number of nitrogens with one attached hydrogen (secondary N) is 1. The maximum Gasteiger partial charge on any atom is 0.241 e. The van der Waals surface area contributed by atoms with Gasteiger partial charge in [-0.25, -0.2) is 13.6 Å². The normalized spacial score (nSPS) is 12.8. The molecule has 3 N–H and O–H groups in total. The minimum Gasteiger partial charge on any atom is -0.325 e. The van der Waals surface area contributed by atoms with Crippen LogP contribution in [-0.2, 0) is 21.4 Å². The van der Waals surface area contributed by atoms with Crippen LogP contribution in [-0.4, -0.2) is 32.3 Å². The highest BCUT2D eigenvalue weighted by Gasteiger charge is 2.19. The molecule has 0 aliphatic rings. The van der Waals surface area contributed by atoms with Crippen molar-refractivity contribution in [2.75, 3.05) is 12.4 Å². The summed E-state index contributed by atoms with van der Waals surface area (Å²) in [7, 11) is -1.94. The van der Waals surface area contributed by atoms with Crippen LogP contribution in [0.1, 0.15) is 12.5 Å². The number of likely N-dealkylation sites (N-methyl/N-ethyl adjacent to an activating group) is 1. The van der Waals surface area contributed by atoms with E-state index in [4.69, 9.17) is 28.3 Å². The smallest absolute Gasteiger partial charge is 0.241 e. The van der Waals surface area contributed by atoms with Crippen LogP contribution in [0, 0.1) is 0 Å². The van der Waals surface area contributed by atoms with Crippen molar-refractivity contribution in [2.24, 2.45) is 5.14 Å². The first-order valence-electron chi connectivity index (χ1n) is 7.66. The van der Waals surface area contributed by atoms with Crippen molar-refractivity contribution in [1.82, 2.24) is 4.90 Å². The SMILES string of the molecule is C[C@H](C(=O)Nc1ccc(S(N)(=O)=O)cc1)N(C)Cc1ccc(Cl)c(Cl)c1. The lowest BCUT2D eigenvalue weighted by atomic mass is 10.2. The molecule has 2 aromatic rings. The van der Waals surface area contributed by atoms with Gasteiger partial charge in [0.15, 0.2) is 0 Å². The van der Waals surface area contributed by atoms with E-state index in [1.165, 1.54) is 24.3 Å². The molecule has 6 nitrogen and oxygen atoms in total. The second kappa shape index (κ2) is 8.37. The van der Waals surface area contributed by atoms with Crippen LogP contribution >= 0.6 is 23.2 Å². The van der Waals surface area contributed by atoms with Crippen molar-refractivity contribution < 1.29 is 13.2 Å². The average Bonchev–Trinajstić information content (AvgIpc) is 2.57. The number of hydrogen-bond donors (Lipinski definition) is 2. The van der Waals surface area contributed by atoms with Crippen molar-refractivity contribution >= 4 is 44.8 Å². The lowest BCUT2D eigenvalue weighted by Gasteiger charge is -2.24. The van der Waals surface area contributed by atoms with E-state index in [9.17, 15) is 13.2 Å². The molecular weight excluding hydrogens is 397 g/mol. The summed E-state index contributed by atoms with van der Waals surface area (Å²) in [4.78, 5) is 14.2. The van der Waals surface area contributed by atoms with Gasteiger partial charge in [0.2, 0.25) is 15.9 Å². The summed E-state index contributed by atoms with van der Waals surface area (Å²) >= 11 is 11.9. The highest BCUT2D eigenvalue weighted by atomic mass is 35.5. The Morgan fingerprint density at radius 3 is 2.31 bits per heavy atom. The van der Waals surface area contributed by atoms with Crippen LogP contribution in [0.4, 0.5) is 5.69 Å². The van der Waals surface area contributed by atoms with E-state index < -0.39 is 16.1 Å². The van der Waals surface area contributed by atoms with Gasteiger partial charge in [0.25, 0.3) is 0 Å². The monoisotopic (exact) mass is 415 g/mol. The number of carbonyl (C=O) groups excluding carboxylic acids is 1. The Morgan fingerprint density at radius 2 is 1.77 bits per heavy atom. The molecule has 0 saturated heterocycles. The Labute approximate surface area is 162 Å². The first kappa shape index (κ1) is 20.7. The first-order chi connectivity index (χ1) is 12.1. The average molecular weight is 416 g/mol. The summed E-state index contributed by atoms with van der Waals surface area (Å²) < 4.78 is 22.5. The Bertz CT molecular complexity index is 902. The molecule has 0 aliphatic carbocycles. The molecule has 0 heterocycles. The fourth-order valence-electron chi connectivity index (χ4n) is 2.24. The van der Waals surface area contributed by atoms with Crippen LogP contribution in [0.2, 0.25) is 10.0 Å². The molecule has 1 atom stereocenters. The Balaban J connectivity index is 2.00. The highest BCUT2D eigenvalue weighted by Crippen LogP contribution is 2.23. The maximum atomic E-state index is 12.4. The number of amides is 1. The molecule has 1 amide bonds. The zero-order valence-corrected chi connectivity index (χ0v) is 16.6. The Hall–Kier alpha value is -1.64. The zero-order valence-electron chi connectivity index (χ0n) is 14.2. The van der Waals surface area contributed by atoms with Crippen LogP contribution in [0.5, 0.6) is 0 Å². The number of nitrogens with two attached hydrogens (primary N) is 1. The summed E-state index contributed by atoms with van der Waals surface area (Å²) in [5, 5.41) is 8.74. The van der Waals surface area contributed by atoms with Gasteiger partial charge in [-0.15, -0.1) is 0 Å². The van der Waals surface area contributed by atoms with E-state index in [0.717, 1.165) is 5.56 Å². The predicted octanol–water partition coefficient (Wildman–Crippen LogP) is 3.10. The van der Waals surface area contributed by atoms with Crippen LogP contribution < -0.4 is 10.5 Å². The highest BCUT2D eigenvalue weighted by molar-refractivity contribution is 7.89. The largest absolute Gasteiger partial charge is 0.325 e. The van der Waals surface area contributed by atoms with Gasteiger partial charge in [0, 0.05) is 12.2 Å². The molecule has 9 heteroatoms. The standard InChI is InChI=1S/C17H19Cl2N3O3S/c1-11(22(2)10-12-3-8-15(18)16(19)9-12)17(23)21-13-4-6-14(7-5-13)26(20,24)25/h3-9,11H,10H2,1-2H3,(H,21,23)(H2,20,24,25)/t11-/m1/s1. The Morgan fingerprint density at radius 1 is 1.15 bits per heavy atom. The summed E-state index contributed by atoms with van der Waals surface area (Å²) in [6, 6.07) is 10.6. The van der Waals surface area contributed by atoms with Gasteiger partial charge in [-0.3, -0.25) is 9.69 Å². The molecular formula is C17H19Cl2N3O3S. The van der Waals surface area contributed by atoms with Crippen molar-refractivity contribution in [3.05, 3.63) is 58.1 Å². The van der Waals surface area contributed by atoms with E-state index in [1.807, 2.05) is 18.0 Å². The van der Waals surface area contributed by atoms with E-state index in [2.05, 4.69) is 5.32 Å². The number of primary sulfonamides is 1. The lowest BCUT2D eigenvalue weighted by molar-refractivity contribution is -0.120. The second-order valence-corrected chi connectivity index (χ2v) is 8.27. The van der Waals surface area contributed by atoms with Crippen molar-refractivity contribution in [3.8, 4) is 0 Å². The van der Waals surface area contributed by atoms with Gasteiger partial charge >= 0.3 is 0 Å². The lowest BCUT2D eigenvalue weighted by Crippen LogP contribution is -2.39. The van der Waals surface area contributed by atoms with Crippen molar-refractivity contribution in [1.29, 1.82) is 0 Å².